The summed E-state index contributed by atoms with van der Waals surface area (Å²) in [4.78, 5) is 15.6. The minimum Gasteiger partial charge on any atom is -0.388 e. The molecular formula is C16H15NO2S. The van der Waals surface area contributed by atoms with Crippen LogP contribution in [-0.2, 0) is 6.42 Å². The number of carbonyl (C=O) groups is 1. The summed E-state index contributed by atoms with van der Waals surface area (Å²) >= 11 is 1.67. The monoisotopic (exact) mass is 285 g/mol. The van der Waals surface area contributed by atoms with Gasteiger partial charge in [0.25, 0.3) is 5.91 Å². The van der Waals surface area contributed by atoms with Crippen molar-refractivity contribution in [2.75, 3.05) is 6.54 Å². The molecule has 0 aliphatic carbocycles. The molecule has 2 aromatic rings. The molecule has 2 atom stereocenters. The Labute approximate surface area is 121 Å². The molecule has 1 N–H and O–H groups in total. The first-order valence-electron chi connectivity index (χ1n) is 6.90. The number of fused-ring (bicyclic) bond motifs is 4. The predicted molar refractivity (Wildman–Crippen MR) is 77.8 cm³/mol. The fraction of sp³-hybridized carbons (Fsp3) is 0.312. The Kier molecular flexibility index (Phi) is 2.69. The first-order chi connectivity index (χ1) is 9.75. The maximum Gasteiger partial charge on any atom is 0.254 e. The number of nitrogens with zero attached hydrogens (tertiary/aromatic N) is 1. The van der Waals surface area contributed by atoms with Gasteiger partial charge in [0.2, 0.25) is 0 Å². The first-order valence-corrected chi connectivity index (χ1v) is 7.78. The molecular weight excluding hydrogens is 270 g/mol. The van der Waals surface area contributed by atoms with E-state index in [0.717, 1.165) is 29.7 Å². The van der Waals surface area contributed by atoms with Gasteiger partial charge in [0.1, 0.15) is 0 Å². The molecule has 20 heavy (non-hydrogen) atoms. The summed E-state index contributed by atoms with van der Waals surface area (Å²) in [5.41, 5.74) is 2.91. The van der Waals surface area contributed by atoms with Gasteiger partial charge >= 0.3 is 0 Å². The van der Waals surface area contributed by atoms with Crippen molar-refractivity contribution >= 4 is 17.2 Å². The normalized spacial score (nSPS) is 24.6. The van der Waals surface area contributed by atoms with Crippen LogP contribution in [0.4, 0.5) is 0 Å². The minimum absolute atomic E-state index is 0.0155. The molecule has 2 aliphatic heterocycles. The van der Waals surface area contributed by atoms with Gasteiger partial charge in [-0.3, -0.25) is 4.79 Å². The molecule has 0 saturated carbocycles. The Bertz CT molecular complexity index is 679. The summed E-state index contributed by atoms with van der Waals surface area (Å²) in [7, 11) is 0. The Morgan fingerprint density at radius 2 is 2.05 bits per heavy atom. The third kappa shape index (κ3) is 1.65. The topological polar surface area (TPSA) is 40.5 Å². The summed E-state index contributed by atoms with van der Waals surface area (Å²) in [6.07, 6.45) is 0.940. The molecule has 0 radical (unpaired) electrons. The molecule has 4 rings (SSSR count). The maximum atomic E-state index is 12.5. The van der Waals surface area contributed by atoms with E-state index in [9.17, 15) is 9.90 Å². The molecule has 1 aromatic heterocycles. The number of aliphatic hydroxyl groups excluding tert-OH is 1. The van der Waals surface area contributed by atoms with Crippen LogP contribution in [0.25, 0.3) is 0 Å². The molecule has 2 aliphatic rings. The van der Waals surface area contributed by atoms with Crippen LogP contribution >= 0.6 is 11.3 Å². The molecule has 0 unspecified atom stereocenters. The zero-order valence-electron chi connectivity index (χ0n) is 11.0. The van der Waals surface area contributed by atoms with Gasteiger partial charge in [0.05, 0.1) is 12.1 Å². The lowest BCUT2D eigenvalue weighted by Gasteiger charge is -2.30. The molecule has 102 valence electrons. The minimum atomic E-state index is -0.483. The third-order valence-corrected chi connectivity index (χ3v) is 5.35. The Balaban J connectivity index is 1.78. The van der Waals surface area contributed by atoms with E-state index >= 15 is 0 Å². The SMILES string of the molecule is O=C1c2ccccc2[C@@H]2C[C@H](O)c3ccsc3CCN12. The standard InChI is InChI=1S/C16H15NO2S/c18-14-9-13-10-3-1-2-4-11(10)16(19)17(13)7-5-15-12(14)6-8-20-15/h1-4,6,8,13-14,18H,5,7,9H2/t13-,14-/m0/s1. The van der Waals surface area contributed by atoms with Crippen molar-refractivity contribution in [1.82, 2.24) is 4.90 Å². The zero-order chi connectivity index (χ0) is 13.7. The van der Waals surface area contributed by atoms with Crippen LogP contribution in [0.2, 0.25) is 0 Å². The molecule has 3 nitrogen and oxygen atoms in total. The largest absolute Gasteiger partial charge is 0.388 e. The molecule has 1 amide bonds. The lowest BCUT2D eigenvalue weighted by Crippen LogP contribution is -2.32. The first kappa shape index (κ1) is 12.1. The number of aliphatic hydroxyl groups is 1. The van der Waals surface area contributed by atoms with Crippen LogP contribution in [0, 0.1) is 0 Å². The van der Waals surface area contributed by atoms with Crippen LogP contribution in [0.3, 0.4) is 0 Å². The van der Waals surface area contributed by atoms with Crippen LogP contribution < -0.4 is 0 Å². The van der Waals surface area contributed by atoms with Gasteiger partial charge in [-0.15, -0.1) is 11.3 Å². The van der Waals surface area contributed by atoms with E-state index in [-0.39, 0.29) is 11.9 Å². The van der Waals surface area contributed by atoms with Gasteiger partial charge in [0, 0.05) is 23.4 Å². The molecule has 3 heterocycles. The molecule has 0 bridgehead atoms. The molecule has 4 heteroatoms. The van der Waals surface area contributed by atoms with E-state index in [1.54, 1.807) is 11.3 Å². The van der Waals surface area contributed by atoms with Gasteiger partial charge < -0.3 is 10.0 Å². The van der Waals surface area contributed by atoms with Gasteiger partial charge in [-0.1, -0.05) is 18.2 Å². The molecule has 0 spiro atoms. The smallest absolute Gasteiger partial charge is 0.254 e. The number of carbonyl (C=O) groups excluding carboxylic acids is 1. The number of amides is 1. The summed E-state index contributed by atoms with van der Waals surface area (Å²) < 4.78 is 0. The average molecular weight is 285 g/mol. The van der Waals surface area contributed by atoms with Crippen LogP contribution in [0.15, 0.2) is 35.7 Å². The van der Waals surface area contributed by atoms with Crippen molar-refractivity contribution in [3.05, 3.63) is 57.3 Å². The van der Waals surface area contributed by atoms with E-state index in [2.05, 4.69) is 0 Å². The Morgan fingerprint density at radius 3 is 2.95 bits per heavy atom. The molecule has 0 fully saturated rings. The number of benzene rings is 1. The summed E-state index contributed by atoms with van der Waals surface area (Å²) in [5.74, 6) is 0.109. The molecule has 0 saturated heterocycles. The Hall–Kier alpha value is -1.65. The Morgan fingerprint density at radius 1 is 1.20 bits per heavy atom. The van der Waals surface area contributed by atoms with E-state index in [1.165, 1.54) is 4.88 Å². The fourth-order valence-corrected chi connectivity index (χ4v) is 4.30. The fourth-order valence-electron chi connectivity index (χ4n) is 3.37. The van der Waals surface area contributed by atoms with Gasteiger partial charge in [0.15, 0.2) is 0 Å². The summed E-state index contributed by atoms with van der Waals surface area (Å²) in [6.45, 7) is 0.735. The van der Waals surface area contributed by atoms with Gasteiger partial charge in [-0.05, 0) is 35.1 Å². The van der Waals surface area contributed by atoms with E-state index in [4.69, 9.17) is 0 Å². The highest BCUT2D eigenvalue weighted by atomic mass is 32.1. The lowest BCUT2D eigenvalue weighted by atomic mass is 9.94. The number of rotatable bonds is 0. The predicted octanol–water partition coefficient (Wildman–Crippen LogP) is 2.92. The van der Waals surface area contributed by atoms with Crippen LogP contribution in [-0.4, -0.2) is 22.5 Å². The van der Waals surface area contributed by atoms with E-state index in [1.807, 2.05) is 40.6 Å². The second-order valence-corrected chi connectivity index (χ2v) is 6.40. The van der Waals surface area contributed by atoms with Gasteiger partial charge in [-0.2, -0.15) is 0 Å². The number of hydrogen-bond donors (Lipinski definition) is 1. The average Bonchev–Trinajstić information content (AvgIpc) is 3.00. The summed E-state index contributed by atoms with van der Waals surface area (Å²) in [6, 6.07) is 9.82. The van der Waals surface area contributed by atoms with Crippen molar-refractivity contribution in [3.8, 4) is 0 Å². The number of thiophene rings is 1. The van der Waals surface area contributed by atoms with E-state index < -0.39 is 6.10 Å². The quantitative estimate of drug-likeness (QED) is 0.808. The van der Waals surface area contributed by atoms with Gasteiger partial charge in [-0.25, -0.2) is 0 Å². The second-order valence-electron chi connectivity index (χ2n) is 5.40. The van der Waals surface area contributed by atoms with Crippen LogP contribution in [0.1, 0.15) is 44.9 Å². The third-order valence-electron chi connectivity index (χ3n) is 4.35. The molecule has 1 aromatic carbocycles. The maximum absolute atomic E-state index is 12.5. The lowest BCUT2D eigenvalue weighted by molar-refractivity contribution is 0.0628. The number of hydrogen-bond acceptors (Lipinski definition) is 3. The zero-order valence-corrected chi connectivity index (χ0v) is 11.8. The highest BCUT2D eigenvalue weighted by Crippen LogP contribution is 2.42. The summed E-state index contributed by atoms with van der Waals surface area (Å²) in [5, 5.41) is 12.5. The van der Waals surface area contributed by atoms with Crippen molar-refractivity contribution in [3.63, 3.8) is 0 Å². The van der Waals surface area contributed by atoms with E-state index in [0.29, 0.717) is 6.42 Å². The highest BCUT2D eigenvalue weighted by Gasteiger charge is 2.38. The second kappa shape index (κ2) is 4.43. The van der Waals surface area contributed by atoms with Crippen molar-refractivity contribution in [2.24, 2.45) is 0 Å². The van der Waals surface area contributed by atoms with Crippen molar-refractivity contribution in [2.45, 2.75) is 25.0 Å². The van der Waals surface area contributed by atoms with Crippen molar-refractivity contribution < 1.29 is 9.90 Å². The van der Waals surface area contributed by atoms with Crippen LogP contribution in [0.5, 0.6) is 0 Å². The van der Waals surface area contributed by atoms with Crippen molar-refractivity contribution in [1.29, 1.82) is 0 Å². The highest BCUT2D eigenvalue weighted by molar-refractivity contribution is 7.10.